The highest BCUT2D eigenvalue weighted by atomic mass is 16.7. The molecule has 0 aromatic carbocycles. The highest BCUT2D eigenvalue weighted by Gasteiger charge is 2.42. The number of piperidine rings is 1. The van der Waals surface area contributed by atoms with Gasteiger partial charge in [0.05, 0.1) is 6.54 Å². The summed E-state index contributed by atoms with van der Waals surface area (Å²) in [5.41, 5.74) is 0.169. The molecule has 1 atom stereocenters. The van der Waals surface area contributed by atoms with Crippen LogP contribution in [0.2, 0.25) is 0 Å². The molecule has 3 heteroatoms. The largest absolute Gasteiger partial charge is 0.352 e. The van der Waals surface area contributed by atoms with Gasteiger partial charge in [0, 0.05) is 32.2 Å². The van der Waals surface area contributed by atoms with Crippen molar-refractivity contribution in [3.8, 4) is 0 Å². The summed E-state index contributed by atoms with van der Waals surface area (Å²) in [5, 5.41) is 0. The van der Waals surface area contributed by atoms with Gasteiger partial charge in [-0.1, -0.05) is 0 Å². The monoisotopic (exact) mass is 215 g/mol. The Balaban J connectivity index is 2.80. The maximum absolute atomic E-state index is 5.54. The van der Waals surface area contributed by atoms with Crippen molar-refractivity contribution in [1.82, 2.24) is 4.90 Å². The van der Waals surface area contributed by atoms with Crippen LogP contribution in [0.3, 0.4) is 0 Å². The molecule has 0 bridgehead atoms. The molecule has 1 rings (SSSR count). The fourth-order valence-electron chi connectivity index (χ4n) is 2.39. The van der Waals surface area contributed by atoms with Gasteiger partial charge in [0.25, 0.3) is 0 Å². The maximum Gasteiger partial charge on any atom is 0.180 e. The van der Waals surface area contributed by atoms with Crippen LogP contribution >= 0.6 is 0 Å². The van der Waals surface area contributed by atoms with Gasteiger partial charge >= 0.3 is 0 Å². The first kappa shape index (κ1) is 12.9. The number of hydrogen-bond acceptors (Lipinski definition) is 3. The molecule has 1 saturated heterocycles. The molecule has 0 aliphatic carbocycles. The van der Waals surface area contributed by atoms with Crippen molar-refractivity contribution < 1.29 is 9.47 Å². The first-order chi connectivity index (χ1) is 6.84. The molecule has 1 heterocycles. The Kier molecular flexibility index (Phi) is 3.80. The summed E-state index contributed by atoms with van der Waals surface area (Å²) in [7, 11) is 3.47. The summed E-state index contributed by atoms with van der Waals surface area (Å²) in [6, 6.07) is 0.600. The standard InChI is InChI=1S/C12H25NO2/c1-10-7-8-12(14-5,15-6)9-13(10)11(2,3)4/h10H,7-9H2,1-6H3. The number of methoxy groups -OCH3 is 2. The lowest BCUT2D eigenvalue weighted by Crippen LogP contribution is -2.59. The quantitative estimate of drug-likeness (QED) is 0.660. The summed E-state index contributed by atoms with van der Waals surface area (Å²) in [6.07, 6.45) is 2.10. The van der Waals surface area contributed by atoms with Crippen LogP contribution in [0.1, 0.15) is 40.5 Å². The lowest BCUT2D eigenvalue weighted by Gasteiger charge is -2.49. The average Bonchev–Trinajstić information content (AvgIpc) is 2.18. The Morgan fingerprint density at radius 3 is 2.13 bits per heavy atom. The normalized spacial score (nSPS) is 28.0. The van der Waals surface area contributed by atoms with E-state index in [1.807, 2.05) is 0 Å². The van der Waals surface area contributed by atoms with Crippen molar-refractivity contribution in [3.05, 3.63) is 0 Å². The van der Waals surface area contributed by atoms with E-state index in [9.17, 15) is 0 Å². The Labute approximate surface area is 93.7 Å². The van der Waals surface area contributed by atoms with E-state index in [1.54, 1.807) is 14.2 Å². The summed E-state index contributed by atoms with van der Waals surface area (Å²) in [4.78, 5) is 2.46. The highest BCUT2D eigenvalue weighted by molar-refractivity contribution is 4.91. The lowest BCUT2D eigenvalue weighted by molar-refractivity contribution is -0.246. The SMILES string of the molecule is COC1(OC)CCC(C)N(C(C)(C)C)C1. The molecule has 15 heavy (non-hydrogen) atoms. The topological polar surface area (TPSA) is 21.7 Å². The van der Waals surface area contributed by atoms with Crippen LogP contribution in [0, 0.1) is 0 Å². The zero-order chi connectivity index (χ0) is 11.7. The van der Waals surface area contributed by atoms with Gasteiger partial charge < -0.3 is 9.47 Å². The fourth-order valence-corrected chi connectivity index (χ4v) is 2.39. The minimum Gasteiger partial charge on any atom is -0.352 e. The Morgan fingerprint density at radius 1 is 1.20 bits per heavy atom. The van der Waals surface area contributed by atoms with E-state index in [0.717, 1.165) is 19.4 Å². The van der Waals surface area contributed by atoms with Crippen molar-refractivity contribution in [2.75, 3.05) is 20.8 Å². The van der Waals surface area contributed by atoms with Crippen molar-refractivity contribution in [2.24, 2.45) is 0 Å². The fraction of sp³-hybridized carbons (Fsp3) is 1.00. The Hall–Kier alpha value is -0.120. The van der Waals surface area contributed by atoms with E-state index in [0.29, 0.717) is 6.04 Å². The molecule has 0 N–H and O–H groups in total. The first-order valence-electron chi connectivity index (χ1n) is 5.72. The van der Waals surface area contributed by atoms with E-state index in [1.165, 1.54) is 0 Å². The molecule has 0 saturated carbocycles. The van der Waals surface area contributed by atoms with Crippen LogP contribution in [0.15, 0.2) is 0 Å². The summed E-state index contributed by atoms with van der Waals surface area (Å²) in [5.74, 6) is -0.403. The smallest absolute Gasteiger partial charge is 0.180 e. The number of ether oxygens (including phenoxy) is 2. The summed E-state index contributed by atoms with van der Waals surface area (Å²) in [6.45, 7) is 9.85. The third-order valence-corrected chi connectivity index (χ3v) is 3.49. The van der Waals surface area contributed by atoms with Gasteiger partial charge in [0.1, 0.15) is 0 Å². The predicted octanol–water partition coefficient (Wildman–Crippen LogP) is 2.26. The van der Waals surface area contributed by atoms with Gasteiger partial charge in [-0.3, -0.25) is 4.90 Å². The minimum atomic E-state index is -0.403. The molecule has 1 fully saturated rings. The highest BCUT2D eigenvalue weighted by Crippen LogP contribution is 2.33. The van der Waals surface area contributed by atoms with Crippen LogP contribution < -0.4 is 0 Å². The molecule has 0 aromatic rings. The van der Waals surface area contributed by atoms with E-state index in [4.69, 9.17) is 9.47 Å². The van der Waals surface area contributed by atoms with Gasteiger partial charge in [0.2, 0.25) is 0 Å². The Morgan fingerprint density at radius 2 is 1.73 bits per heavy atom. The molecular weight excluding hydrogens is 190 g/mol. The zero-order valence-electron chi connectivity index (χ0n) is 11.0. The summed E-state index contributed by atoms with van der Waals surface area (Å²) < 4.78 is 11.1. The number of nitrogens with zero attached hydrogens (tertiary/aromatic N) is 1. The van der Waals surface area contributed by atoms with Crippen LogP contribution in [-0.4, -0.2) is 43.0 Å². The van der Waals surface area contributed by atoms with Crippen molar-refractivity contribution in [3.63, 3.8) is 0 Å². The molecule has 0 amide bonds. The molecule has 1 unspecified atom stereocenters. The molecule has 0 spiro atoms. The predicted molar refractivity (Wildman–Crippen MR) is 61.9 cm³/mol. The summed E-state index contributed by atoms with van der Waals surface area (Å²) >= 11 is 0. The van der Waals surface area contributed by atoms with Crippen LogP contribution in [0.5, 0.6) is 0 Å². The number of likely N-dealkylation sites (tertiary alicyclic amines) is 1. The van der Waals surface area contributed by atoms with Gasteiger partial charge in [-0.25, -0.2) is 0 Å². The van der Waals surface area contributed by atoms with Gasteiger partial charge in [0.15, 0.2) is 5.79 Å². The molecule has 0 radical (unpaired) electrons. The van der Waals surface area contributed by atoms with Gasteiger partial charge in [-0.05, 0) is 34.1 Å². The molecule has 1 aliphatic heterocycles. The number of hydrogen-bond donors (Lipinski definition) is 0. The zero-order valence-corrected chi connectivity index (χ0v) is 11.0. The van der Waals surface area contributed by atoms with Crippen molar-refractivity contribution >= 4 is 0 Å². The third kappa shape index (κ3) is 2.71. The average molecular weight is 215 g/mol. The molecule has 90 valence electrons. The van der Waals surface area contributed by atoms with E-state index < -0.39 is 5.79 Å². The minimum absolute atomic E-state index is 0.169. The maximum atomic E-state index is 5.54. The molecule has 0 aromatic heterocycles. The third-order valence-electron chi connectivity index (χ3n) is 3.49. The van der Waals surface area contributed by atoms with Gasteiger partial charge in [-0.2, -0.15) is 0 Å². The van der Waals surface area contributed by atoms with Crippen molar-refractivity contribution in [2.45, 2.75) is 57.9 Å². The second-order valence-corrected chi connectivity index (χ2v) is 5.51. The van der Waals surface area contributed by atoms with E-state index in [2.05, 4.69) is 32.6 Å². The molecular formula is C12H25NO2. The van der Waals surface area contributed by atoms with Crippen LogP contribution in [-0.2, 0) is 9.47 Å². The molecule has 3 nitrogen and oxygen atoms in total. The Bertz CT molecular complexity index is 206. The van der Waals surface area contributed by atoms with Crippen LogP contribution in [0.25, 0.3) is 0 Å². The van der Waals surface area contributed by atoms with E-state index >= 15 is 0 Å². The molecule has 1 aliphatic rings. The second kappa shape index (κ2) is 4.40. The van der Waals surface area contributed by atoms with Crippen LogP contribution in [0.4, 0.5) is 0 Å². The first-order valence-corrected chi connectivity index (χ1v) is 5.72. The van der Waals surface area contributed by atoms with E-state index in [-0.39, 0.29) is 5.54 Å². The van der Waals surface area contributed by atoms with Gasteiger partial charge in [-0.15, -0.1) is 0 Å². The van der Waals surface area contributed by atoms with Crippen molar-refractivity contribution in [1.29, 1.82) is 0 Å². The number of rotatable bonds is 2. The second-order valence-electron chi connectivity index (χ2n) is 5.51. The lowest BCUT2D eigenvalue weighted by atomic mass is 9.92.